The van der Waals surface area contributed by atoms with Crippen molar-refractivity contribution in [3.05, 3.63) is 29.1 Å². The van der Waals surface area contributed by atoms with Gasteiger partial charge >= 0.3 is 5.97 Å². The second kappa shape index (κ2) is 6.91. The van der Waals surface area contributed by atoms with Crippen molar-refractivity contribution < 1.29 is 19.1 Å². The summed E-state index contributed by atoms with van der Waals surface area (Å²) in [6.07, 6.45) is 5.07. The van der Waals surface area contributed by atoms with Gasteiger partial charge in [-0.3, -0.25) is 9.69 Å². The van der Waals surface area contributed by atoms with Crippen LogP contribution in [0.3, 0.4) is 0 Å². The van der Waals surface area contributed by atoms with Gasteiger partial charge in [-0.05, 0) is 18.6 Å². The van der Waals surface area contributed by atoms with E-state index >= 15 is 0 Å². The van der Waals surface area contributed by atoms with Crippen LogP contribution >= 0.6 is 24.0 Å². The summed E-state index contributed by atoms with van der Waals surface area (Å²) in [5, 5.41) is 9.34. The predicted molar refractivity (Wildman–Crippen MR) is 84.7 cm³/mol. The molecule has 2 rings (SSSR count). The second-order valence-electron chi connectivity index (χ2n) is 4.56. The maximum Gasteiger partial charge on any atom is 0.326 e. The van der Waals surface area contributed by atoms with Gasteiger partial charge in [0.15, 0.2) is 0 Å². The zero-order valence-electron chi connectivity index (χ0n) is 11.4. The second-order valence-corrected chi connectivity index (χ2v) is 6.24. The van der Waals surface area contributed by atoms with E-state index in [0.29, 0.717) is 17.1 Å². The Morgan fingerprint density at radius 1 is 1.62 bits per heavy atom. The Bertz CT molecular complexity index is 580. The molecule has 2 heterocycles. The number of carbonyl (C=O) groups is 2. The third-order valence-corrected chi connectivity index (χ3v) is 4.40. The molecular formula is C14H15NO4S2. The van der Waals surface area contributed by atoms with Gasteiger partial charge in [0.1, 0.15) is 16.1 Å². The Labute approximate surface area is 132 Å². The van der Waals surface area contributed by atoms with Crippen molar-refractivity contribution in [2.24, 2.45) is 0 Å². The first-order valence-corrected chi connectivity index (χ1v) is 7.80. The molecule has 0 spiro atoms. The van der Waals surface area contributed by atoms with Gasteiger partial charge in [-0.25, -0.2) is 4.79 Å². The zero-order valence-corrected chi connectivity index (χ0v) is 13.1. The number of furan rings is 1. The van der Waals surface area contributed by atoms with E-state index < -0.39 is 12.0 Å². The van der Waals surface area contributed by atoms with Crippen molar-refractivity contribution in [3.63, 3.8) is 0 Å². The molecule has 1 aliphatic heterocycles. The first-order chi connectivity index (χ1) is 10.0. The standard InChI is InChI=1S/C14H15NO4S2/c1-2-3-6-10(13(17)18)15-12(16)11(21-14(15)20)8-9-5-4-7-19-9/h4-5,7-8,10H,2-3,6H2,1H3,(H,17,18)/b11-8+. The third kappa shape index (κ3) is 3.54. The lowest BCUT2D eigenvalue weighted by Crippen LogP contribution is -2.43. The van der Waals surface area contributed by atoms with Crippen LogP contribution < -0.4 is 0 Å². The summed E-state index contributed by atoms with van der Waals surface area (Å²) < 4.78 is 5.45. The minimum Gasteiger partial charge on any atom is -0.480 e. The Morgan fingerprint density at radius 2 is 2.38 bits per heavy atom. The zero-order chi connectivity index (χ0) is 15.4. The smallest absolute Gasteiger partial charge is 0.326 e. The molecule has 1 aromatic rings. The number of carbonyl (C=O) groups excluding carboxylic acids is 1. The monoisotopic (exact) mass is 325 g/mol. The fraction of sp³-hybridized carbons (Fsp3) is 0.357. The van der Waals surface area contributed by atoms with Gasteiger partial charge in [0, 0.05) is 6.08 Å². The molecule has 0 aromatic carbocycles. The molecule has 21 heavy (non-hydrogen) atoms. The van der Waals surface area contributed by atoms with E-state index in [1.54, 1.807) is 18.2 Å². The maximum absolute atomic E-state index is 12.4. The topological polar surface area (TPSA) is 70.8 Å². The highest BCUT2D eigenvalue weighted by Crippen LogP contribution is 2.35. The van der Waals surface area contributed by atoms with Gasteiger partial charge in [-0.1, -0.05) is 43.7 Å². The molecule has 1 fully saturated rings. The summed E-state index contributed by atoms with van der Waals surface area (Å²) in [5.74, 6) is -0.861. The highest BCUT2D eigenvalue weighted by molar-refractivity contribution is 8.26. The predicted octanol–water partition coefficient (Wildman–Crippen LogP) is 3.12. The molecule has 0 radical (unpaired) electrons. The van der Waals surface area contributed by atoms with Crippen molar-refractivity contribution in [1.29, 1.82) is 0 Å². The highest BCUT2D eigenvalue weighted by atomic mass is 32.2. The van der Waals surface area contributed by atoms with Gasteiger partial charge < -0.3 is 9.52 Å². The van der Waals surface area contributed by atoms with Crippen molar-refractivity contribution in [2.45, 2.75) is 32.2 Å². The molecule has 1 unspecified atom stereocenters. The quantitative estimate of drug-likeness (QED) is 0.640. The maximum atomic E-state index is 12.4. The molecule has 1 saturated heterocycles. The number of hydrogen-bond donors (Lipinski definition) is 1. The largest absolute Gasteiger partial charge is 0.480 e. The minimum atomic E-state index is -1.03. The number of carboxylic acids is 1. The van der Waals surface area contributed by atoms with Crippen molar-refractivity contribution >= 4 is 46.3 Å². The lowest BCUT2D eigenvalue weighted by Gasteiger charge is -2.22. The van der Waals surface area contributed by atoms with Crippen LogP contribution in [0.5, 0.6) is 0 Å². The van der Waals surface area contributed by atoms with Gasteiger partial charge in [-0.15, -0.1) is 0 Å². The summed E-state index contributed by atoms with van der Waals surface area (Å²) in [7, 11) is 0. The van der Waals surface area contributed by atoms with Gasteiger partial charge in [-0.2, -0.15) is 0 Å². The van der Waals surface area contributed by atoms with E-state index in [1.807, 2.05) is 6.92 Å². The summed E-state index contributed by atoms with van der Waals surface area (Å²) >= 11 is 6.27. The lowest BCUT2D eigenvalue weighted by atomic mass is 10.1. The average Bonchev–Trinajstić information content (AvgIpc) is 3.02. The highest BCUT2D eigenvalue weighted by Gasteiger charge is 2.40. The summed E-state index contributed by atoms with van der Waals surface area (Å²) in [4.78, 5) is 25.4. The SMILES string of the molecule is CCCCC(C(=O)O)N1C(=O)/C(=C\c2ccco2)SC1=S. The van der Waals surface area contributed by atoms with Crippen LogP contribution in [-0.4, -0.2) is 32.2 Å². The molecule has 0 bridgehead atoms. The van der Waals surface area contributed by atoms with E-state index in [2.05, 4.69) is 0 Å². The van der Waals surface area contributed by atoms with Crippen LogP contribution in [0.2, 0.25) is 0 Å². The van der Waals surface area contributed by atoms with E-state index in [0.717, 1.165) is 24.6 Å². The number of amides is 1. The molecule has 1 N–H and O–H groups in total. The van der Waals surface area contributed by atoms with E-state index in [-0.39, 0.29) is 10.2 Å². The first-order valence-electron chi connectivity index (χ1n) is 6.58. The first kappa shape index (κ1) is 15.8. The molecule has 1 atom stereocenters. The number of aliphatic carboxylic acids is 1. The van der Waals surface area contributed by atoms with Crippen LogP contribution in [0.25, 0.3) is 6.08 Å². The van der Waals surface area contributed by atoms with E-state index in [4.69, 9.17) is 16.6 Å². The third-order valence-electron chi connectivity index (χ3n) is 3.07. The van der Waals surface area contributed by atoms with Crippen LogP contribution in [0, 0.1) is 0 Å². The number of nitrogens with zero attached hydrogens (tertiary/aromatic N) is 1. The van der Waals surface area contributed by atoms with Gasteiger partial charge in [0.2, 0.25) is 0 Å². The van der Waals surface area contributed by atoms with Gasteiger partial charge in [0.25, 0.3) is 5.91 Å². The molecule has 0 aliphatic carbocycles. The Kier molecular flexibility index (Phi) is 5.19. The molecule has 112 valence electrons. The normalized spacial score (nSPS) is 18.5. The molecule has 1 aliphatic rings. The fourth-order valence-corrected chi connectivity index (χ4v) is 3.35. The molecule has 1 amide bonds. The fourth-order valence-electron chi connectivity index (χ4n) is 2.01. The molecule has 7 heteroatoms. The summed E-state index contributed by atoms with van der Waals surface area (Å²) in [6, 6.07) is 2.53. The molecule has 0 saturated carbocycles. The average molecular weight is 325 g/mol. The van der Waals surface area contributed by atoms with Crippen molar-refractivity contribution in [2.75, 3.05) is 0 Å². The Balaban J connectivity index is 2.22. The lowest BCUT2D eigenvalue weighted by molar-refractivity contribution is -0.145. The van der Waals surface area contributed by atoms with Crippen LogP contribution in [0.4, 0.5) is 0 Å². The molecule has 5 nitrogen and oxygen atoms in total. The minimum absolute atomic E-state index is 0.279. The Hall–Kier alpha value is -1.60. The molecule has 1 aromatic heterocycles. The number of carboxylic acid groups (broad SMARTS) is 1. The van der Waals surface area contributed by atoms with Crippen molar-refractivity contribution in [1.82, 2.24) is 4.90 Å². The van der Waals surface area contributed by atoms with Crippen molar-refractivity contribution in [3.8, 4) is 0 Å². The number of unbranched alkanes of at least 4 members (excludes halogenated alkanes) is 1. The summed E-state index contributed by atoms with van der Waals surface area (Å²) in [5.41, 5.74) is 0. The Morgan fingerprint density at radius 3 is 2.95 bits per heavy atom. The summed E-state index contributed by atoms with van der Waals surface area (Å²) in [6.45, 7) is 1.97. The molecular weight excluding hydrogens is 310 g/mol. The van der Waals surface area contributed by atoms with Crippen LogP contribution in [0.15, 0.2) is 27.7 Å². The van der Waals surface area contributed by atoms with E-state index in [1.165, 1.54) is 11.2 Å². The van der Waals surface area contributed by atoms with Crippen LogP contribution in [-0.2, 0) is 9.59 Å². The number of hydrogen-bond acceptors (Lipinski definition) is 5. The van der Waals surface area contributed by atoms with Crippen LogP contribution in [0.1, 0.15) is 31.9 Å². The van der Waals surface area contributed by atoms with E-state index in [9.17, 15) is 14.7 Å². The number of thioether (sulfide) groups is 1. The number of thiocarbonyl (C=S) groups is 1. The number of rotatable bonds is 6. The van der Waals surface area contributed by atoms with Gasteiger partial charge in [0.05, 0.1) is 11.2 Å².